The third-order valence-electron chi connectivity index (χ3n) is 0.197. The van der Waals surface area contributed by atoms with E-state index in [4.69, 9.17) is 0 Å². The van der Waals surface area contributed by atoms with Crippen LogP contribution in [0.3, 0.4) is 0 Å². The van der Waals surface area contributed by atoms with E-state index in [1.807, 2.05) is 6.08 Å². The van der Waals surface area contributed by atoms with Crippen molar-refractivity contribution in [1.29, 1.82) is 0 Å². The van der Waals surface area contributed by atoms with Crippen molar-refractivity contribution >= 4 is 0 Å². The summed E-state index contributed by atoms with van der Waals surface area (Å²) < 4.78 is 0. The fourth-order valence-electron chi connectivity index (χ4n) is 0. The molecule has 0 N–H and O–H groups in total. The molecule has 0 amide bonds. The van der Waals surface area contributed by atoms with Gasteiger partial charge < -0.3 is 5.11 Å². The Morgan fingerprint density at radius 3 is 2.00 bits per heavy atom. The molecular weight excluding hydrogens is 64.0 g/mol. The molecule has 1 heteroatoms. The van der Waals surface area contributed by atoms with E-state index in [1.165, 1.54) is 0 Å². The lowest BCUT2D eigenvalue weighted by molar-refractivity contribution is -0.295. The van der Waals surface area contributed by atoms with Crippen LogP contribution in [0.15, 0.2) is 18.9 Å². The van der Waals surface area contributed by atoms with Gasteiger partial charge in [-0.2, -0.15) is 0 Å². The predicted octanol–water partition coefficient (Wildman–Crippen LogP) is -0.150. The van der Waals surface area contributed by atoms with Crippen molar-refractivity contribution in [3.8, 4) is 0 Å². The monoisotopic (exact) mass is 68.0 g/mol. The predicted molar refractivity (Wildman–Crippen MR) is 18.0 cm³/mol. The van der Waals surface area contributed by atoms with Crippen molar-refractivity contribution in [3.05, 3.63) is 25.0 Å². The maximum absolute atomic E-state index is 9.53. The van der Waals surface area contributed by atoms with Crippen LogP contribution in [0.25, 0.3) is 0 Å². The van der Waals surface area contributed by atoms with E-state index in [2.05, 4.69) is 13.2 Å². The van der Waals surface area contributed by atoms with Gasteiger partial charge in [-0.05, 0) is 0 Å². The van der Waals surface area contributed by atoms with Crippen molar-refractivity contribution in [2.24, 2.45) is 0 Å². The molecule has 0 aromatic rings. The quantitative estimate of drug-likeness (QED) is 0.238. The van der Waals surface area contributed by atoms with Gasteiger partial charge in [0.25, 0.3) is 0 Å². The summed E-state index contributed by atoms with van der Waals surface area (Å²) in [6, 6.07) is 0. The molecule has 0 aliphatic heterocycles. The van der Waals surface area contributed by atoms with Gasteiger partial charge in [0, 0.05) is 13.2 Å². The maximum atomic E-state index is 9.53. The highest BCUT2D eigenvalue weighted by Crippen LogP contribution is 1.65. The lowest BCUT2D eigenvalue weighted by atomic mass is 10.6. The van der Waals surface area contributed by atoms with Crippen LogP contribution in [-0.4, -0.2) is 0 Å². The molecule has 5 heavy (non-hydrogen) atoms. The molecule has 0 aliphatic carbocycles. The molecule has 0 bridgehead atoms. The van der Waals surface area contributed by atoms with E-state index in [1.54, 1.807) is 0 Å². The first-order valence-corrected chi connectivity index (χ1v) is 1.16. The minimum Gasteiger partial charge on any atom is -0.834 e. The van der Waals surface area contributed by atoms with Gasteiger partial charge in [-0.1, -0.05) is 0 Å². The molecule has 26 valence electrons. The minimum atomic E-state index is -0.356. The van der Waals surface area contributed by atoms with E-state index in [-0.39, 0.29) is 5.76 Å². The van der Waals surface area contributed by atoms with Gasteiger partial charge in [0.05, 0.1) is 6.08 Å². The standard InChI is InChI=1S/C4H4O/c1-3-4(2)5/h1-2H2. The molecule has 0 aliphatic rings. The highest BCUT2D eigenvalue weighted by Gasteiger charge is 1.64. The van der Waals surface area contributed by atoms with Crippen LogP contribution >= 0.6 is 0 Å². The fraction of sp³-hybridized carbons (Fsp3) is 0. The van der Waals surface area contributed by atoms with Crippen LogP contribution in [0.5, 0.6) is 0 Å². The Hall–Kier alpha value is -0.810. The molecule has 1 nitrogen and oxygen atoms in total. The Balaban J connectivity index is 3.20. The Morgan fingerprint density at radius 2 is 2.00 bits per heavy atom. The molecule has 0 aromatic heterocycles. The average Bonchev–Trinajstić information content (AvgIpc) is 1.38. The Kier molecular flexibility index (Phi) is 1.26. The molecule has 0 aromatic carbocycles. The summed E-state index contributed by atoms with van der Waals surface area (Å²) in [6.07, 6.45) is 2.03. The topological polar surface area (TPSA) is 23.1 Å². The lowest BCUT2D eigenvalue weighted by Gasteiger charge is -1.80. The zero-order chi connectivity index (χ0) is 4.28. The second kappa shape index (κ2) is 1.50. The number of allylic oxidation sites excluding steroid dienone is 1. The fourth-order valence-corrected chi connectivity index (χ4v) is 0. The summed E-state index contributed by atoms with van der Waals surface area (Å²) >= 11 is 0. The molecule has 0 saturated carbocycles. The lowest BCUT2D eigenvalue weighted by Crippen LogP contribution is -1.95. The van der Waals surface area contributed by atoms with Gasteiger partial charge in [-0.15, -0.1) is 0 Å². The number of hydrogen-bond donors (Lipinski definition) is 0. The summed E-state index contributed by atoms with van der Waals surface area (Å²) in [4.78, 5) is 0. The van der Waals surface area contributed by atoms with Gasteiger partial charge in [0.1, 0.15) is 5.76 Å². The van der Waals surface area contributed by atoms with Gasteiger partial charge in [-0.25, -0.2) is 0 Å². The van der Waals surface area contributed by atoms with Crippen molar-refractivity contribution in [3.63, 3.8) is 0 Å². The molecule has 0 spiro atoms. The van der Waals surface area contributed by atoms with Crippen LogP contribution in [-0.2, 0) is 0 Å². The highest BCUT2D eigenvalue weighted by atomic mass is 16.3. The van der Waals surface area contributed by atoms with Gasteiger partial charge in [0.2, 0.25) is 0 Å². The third-order valence-corrected chi connectivity index (χ3v) is 0.197. The molecule has 0 fully saturated rings. The largest absolute Gasteiger partial charge is 0.834 e. The zero-order valence-electron chi connectivity index (χ0n) is 2.82. The molecular formula is C4H4O. The molecule has 0 saturated heterocycles. The van der Waals surface area contributed by atoms with Gasteiger partial charge in [-0.3, -0.25) is 0 Å². The summed E-state index contributed by atoms with van der Waals surface area (Å²) in [6.45, 7) is 5.97. The zero-order valence-corrected chi connectivity index (χ0v) is 2.82. The molecule has 0 atom stereocenters. The van der Waals surface area contributed by atoms with Crippen LogP contribution < -0.4 is 5.11 Å². The second-order valence-electron chi connectivity index (χ2n) is 0.600. The SMILES string of the molecule is C=[C+]C(=C)[O-]. The van der Waals surface area contributed by atoms with Gasteiger partial charge in [0.15, 0.2) is 0 Å². The van der Waals surface area contributed by atoms with E-state index in [0.29, 0.717) is 0 Å². The van der Waals surface area contributed by atoms with Crippen molar-refractivity contribution < 1.29 is 5.11 Å². The average molecular weight is 68.1 g/mol. The first kappa shape index (κ1) is 4.19. The first-order chi connectivity index (χ1) is 2.27. The van der Waals surface area contributed by atoms with E-state index in [0.717, 1.165) is 0 Å². The second-order valence-corrected chi connectivity index (χ2v) is 0.600. The highest BCUT2D eigenvalue weighted by molar-refractivity contribution is 4.88. The van der Waals surface area contributed by atoms with E-state index in [9.17, 15) is 5.11 Å². The molecule has 0 unspecified atom stereocenters. The number of rotatable bonds is 1. The first-order valence-electron chi connectivity index (χ1n) is 1.16. The molecule has 0 rings (SSSR count). The summed E-state index contributed by atoms with van der Waals surface area (Å²) in [5.41, 5.74) is 0. The minimum absolute atomic E-state index is 0.356. The third kappa shape index (κ3) is 3.19. The van der Waals surface area contributed by atoms with Gasteiger partial charge >= 0.3 is 0 Å². The summed E-state index contributed by atoms with van der Waals surface area (Å²) in [7, 11) is 0. The molecule has 0 heterocycles. The summed E-state index contributed by atoms with van der Waals surface area (Å²) in [5.74, 6) is -0.356. The van der Waals surface area contributed by atoms with Crippen molar-refractivity contribution in [2.75, 3.05) is 0 Å². The summed E-state index contributed by atoms with van der Waals surface area (Å²) in [5, 5.41) is 9.53. The van der Waals surface area contributed by atoms with Crippen LogP contribution in [0.1, 0.15) is 0 Å². The Morgan fingerprint density at radius 1 is 1.80 bits per heavy atom. The maximum Gasteiger partial charge on any atom is 0.124 e. The van der Waals surface area contributed by atoms with Crippen molar-refractivity contribution in [2.45, 2.75) is 0 Å². The van der Waals surface area contributed by atoms with Crippen LogP contribution in [0, 0.1) is 6.08 Å². The van der Waals surface area contributed by atoms with Crippen molar-refractivity contribution in [1.82, 2.24) is 0 Å². The number of hydrogen-bond acceptors (Lipinski definition) is 1. The van der Waals surface area contributed by atoms with E-state index < -0.39 is 0 Å². The Labute approximate surface area is 31.2 Å². The smallest absolute Gasteiger partial charge is 0.124 e. The Bertz CT molecular complexity index is 54.7. The normalized spacial score (nSPS) is 5.60. The van der Waals surface area contributed by atoms with E-state index >= 15 is 0 Å². The van der Waals surface area contributed by atoms with Crippen LogP contribution in [0.2, 0.25) is 0 Å². The van der Waals surface area contributed by atoms with Crippen LogP contribution in [0.4, 0.5) is 0 Å². The molecule has 0 radical (unpaired) electrons.